The Morgan fingerprint density at radius 2 is 1.87 bits per heavy atom. The number of alkyl carbamates (subject to hydrolysis) is 1. The molecule has 0 aliphatic carbocycles. The SMILES string of the molecule is Cc1c(Br)c[nH]c(=O)c1-c1nnc([C@@](C)(Cc2ccccc2)NC(=O)OC(C)(C)C)o1. The lowest BCUT2D eigenvalue weighted by atomic mass is 9.92. The van der Waals surface area contributed by atoms with Crippen LogP contribution in [0.5, 0.6) is 0 Å². The molecule has 31 heavy (non-hydrogen) atoms. The van der Waals surface area contributed by atoms with Crippen molar-refractivity contribution >= 4 is 22.0 Å². The van der Waals surface area contributed by atoms with Crippen molar-refractivity contribution in [1.82, 2.24) is 20.5 Å². The number of nitrogens with one attached hydrogen (secondary N) is 2. The van der Waals surface area contributed by atoms with E-state index < -0.39 is 17.2 Å². The number of pyridine rings is 1. The fraction of sp³-hybridized carbons (Fsp3) is 0.364. The summed E-state index contributed by atoms with van der Waals surface area (Å²) in [5, 5.41) is 11.1. The number of hydrogen-bond donors (Lipinski definition) is 2. The van der Waals surface area contributed by atoms with Gasteiger partial charge < -0.3 is 19.5 Å². The van der Waals surface area contributed by atoms with Crippen LogP contribution in [0.4, 0.5) is 4.79 Å². The van der Waals surface area contributed by atoms with Gasteiger partial charge in [-0.2, -0.15) is 0 Å². The summed E-state index contributed by atoms with van der Waals surface area (Å²) in [5.74, 6) is 0.233. The zero-order valence-electron chi connectivity index (χ0n) is 18.1. The van der Waals surface area contributed by atoms with Gasteiger partial charge in [0.1, 0.15) is 16.7 Å². The van der Waals surface area contributed by atoms with E-state index in [1.165, 1.54) is 0 Å². The first-order chi connectivity index (χ1) is 14.5. The lowest BCUT2D eigenvalue weighted by molar-refractivity contribution is 0.0443. The van der Waals surface area contributed by atoms with E-state index in [1.807, 2.05) is 30.3 Å². The predicted molar refractivity (Wildman–Crippen MR) is 120 cm³/mol. The Balaban J connectivity index is 2.01. The molecule has 3 aromatic rings. The summed E-state index contributed by atoms with van der Waals surface area (Å²) in [4.78, 5) is 27.6. The van der Waals surface area contributed by atoms with Gasteiger partial charge in [0.2, 0.25) is 5.89 Å². The molecule has 0 bridgehead atoms. The summed E-state index contributed by atoms with van der Waals surface area (Å²) >= 11 is 3.40. The molecule has 2 N–H and O–H groups in total. The molecule has 0 aliphatic rings. The molecule has 0 saturated heterocycles. The second kappa shape index (κ2) is 8.66. The molecule has 2 aromatic heterocycles. The Hall–Kier alpha value is -2.94. The van der Waals surface area contributed by atoms with Gasteiger partial charge in [0.25, 0.3) is 11.4 Å². The Morgan fingerprint density at radius 1 is 1.19 bits per heavy atom. The van der Waals surface area contributed by atoms with Crippen molar-refractivity contribution in [3.8, 4) is 11.5 Å². The number of ether oxygens (including phenoxy) is 1. The van der Waals surface area contributed by atoms with Crippen LogP contribution in [0.2, 0.25) is 0 Å². The molecular weight excluding hydrogens is 464 g/mol. The quantitative estimate of drug-likeness (QED) is 0.547. The van der Waals surface area contributed by atoms with Crippen LogP contribution in [-0.2, 0) is 16.7 Å². The summed E-state index contributed by atoms with van der Waals surface area (Å²) in [5.41, 5.74) is -0.186. The number of carbonyl (C=O) groups is 1. The number of hydrogen-bond acceptors (Lipinski definition) is 6. The lowest BCUT2D eigenvalue weighted by Gasteiger charge is -2.29. The van der Waals surface area contributed by atoms with E-state index in [4.69, 9.17) is 9.15 Å². The molecule has 8 nitrogen and oxygen atoms in total. The first kappa shape index (κ1) is 22.7. The molecule has 2 heterocycles. The number of halogens is 1. The summed E-state index contributed by atoms with van der Waals surface area (Å²) < 4.78 is 12.1. The van der Waals surface area contributed by atoms with Gasteiger partial charge in [0.15, 0.2) is 0 Å². The molecule has 9 heteroatoms. The highest BCUT2D eigenvalue weighted by Crippen LogP contribution is 2.29. The maximum Gasteiger partial charge on any atom is 0.408 e. The summed E-state index contributed by atoms with van der Waals surface area (Å²) in [6.45, 7) is 8.91. The van der Waals surface area contributed by atoms with E-state index in [9.17, 15) is 9.59 Å². The Labute approximate surface area is 188 Å². The van der Waals surface area contributed by atoms with E-state index in [0.717, 1.165) is 5.56 Å². The van der Waals surface area contributed by atoms with E-state index in [-0.39, 0.29) is 22.9 Å². The number of H-pyrrole nitrogens is 1. The summed E-state index contributed by atoms with van der Waals surface area (Å²) in [6.07, 6.45) is 1.33. The van der Waals surface area contributed by atoms with Crippen LogP contribution in [0.3, 0.4) is 0 Å². The smallest absolute Gasteiger partial charge is 0.408 e. The van der Waals surface area contributed by atoms with Crippen molar-refractivity contribution in [2.45, 2.75) is 52.2 Å². The fourth-order valence-electron chi connectivity index (χ4n) is 3.11. The number of benzene rings is 1. The van der Waals surface area contributed by atoms with Crippen LogP contribution in [0.1, 0.15) is 44.7 Å². The van der Waals surface area contributed by atoms with Crippen molar-refractivity contribution in [2.75, 3.05) is 0 Å². The van der Waals surface area contributed by atoms with Gasteiger partial charge in [-0.15, -0.1) is 10.2 Å². The van der Waals surface area contributed by atoms with Gasteiger partial charge in [-0.05, 0) is 61.7 Å². The number of rotatable bonds is 5. The van der Waals surface area contributed by atoms with Crippen molar-refractivity contribution in [2.24, 2.45) is 0 Å². The maximum atomic E-state index is 12.6. The molecule has 0 aliphatic heterocycles. The number of amides is 1. The first-order valence-electron chi connectivity index (χ1n) is 9.76. The van der Waals surface area contributed by atoms with Gasteiger partial charge >= 0.3 is 6.09 Å². The number of aromatic nitrogens is 3. The molecule has 0 spiro atoms. The van der Waals surface area contributed by atoms with Crippen LogP contribution in [0.25, 0.3) is 11.5 Å². The molecule has 1 amide bonds. The molecule has 0 radical (unpaired) electrons. The number of aromatic amines is 1. The standard InChI is InChI=1S/C22H25BrN4O4/c1-13-15(23)12-24-17(28)16(13)18-26-27-19(30-18)22(5,11-14-9-7-6-8-10-14)25-20(29)31-21(2,3)4/h6-10,12H,11H2,1-5H3,(H,24,28)(H,25,29)/t22-/m1/s1. The highest BCUT2D eigenvalue weighted by atomic mass is 79.9. The Bertz CT molecular complexity index is 1130. The monoisotopic (exact) mass is 488 g/mol. The number of carbonyl (C=O) groups excluding carboxylic acids is 1. The molecule has 0 unspecified atom stereocenters. The van der Waals surface area contributed by atoms with E-state index in [1.54, 1.807) is 40.8 Å². The summed E-state index contributed by atoms with van der Waals surface area (Å²) in [6, 6.07) is 9.61. The van der Waals surface area contributed by atoms with Gasteiger partial charge in [-0.25, -0.2) is 4.79 Å². The minimum atomic E-state index is -1.07. The molecule has 1 atom stereocenters. The molecule has 3 rings (SSSR count). The second-order valence-electron chi connectivity index (χ2n) is 8.50. The second-order valence-corrected chi connectivity index (χ2v) is 9.35. The van der Waals surface area contributed by atoms with E-state index in [0.29, 0.717) is 16.5 Å². The third-order valence-electron chi connectivity index (χ3n) is 4.58. The third kappa shape index (κ3) is 5.41. The van der Waals surface area contributed by atoms with Crippen molar-refractivity contribution in [3.63, 3.8) is 0 Å². The van der Waals surface area contributed by atoms with Gasteiger partial charge in [-0.3, -0.25) is 4.79 Å². The van der Waals surface area contributed by atoms with Crippen LogP contribution in [-0.4, -0.2) is 26.9 Å². The normalized spacial score (nSPS) is 13.5. The lowest BCUT2D eigenvalue weighted by Crippen LogP contribution is -2.47. The van der Waals surface area contributed by atoms with Gasteiger partial charge in [0, 0.05) is 17.1 Å². The summed E-state index contributed by atoms with van der Waals surface area (Å²) in [7, 11) is 0. The Morgan fingerprint density at radius 3 is 2.52 bits per heavy atom. The largest absolute Gasteiger partial charge is 0.444 e. The minimum absolute atomic E-state index is 0.0697. The van der Waals surface area contributed by atoms with E-state index >= 15 is 0 Å². The zero-order valence-corrected chi connectivity index (χ0v) is 19.7. The molecule has 0 fully saturated rings. The highest BCUT2D eigenvalue weighted by Gasteiger charge is 2.37. The minimum Gasteiger partial charge on any atom is -0.444 e. The van der Waals surface area contributed by atoms with Crippen molar-refractivity contribution in [3.05, 3.63) is 68.4 Å². The highest BCUT2D eigenvalue weighted by molar-refractivity contribution is 9.10. The van der Waals surface area contributed by atoms with Gasteiger partial charge in [-0.1, -0.05) is 30.3 Å². The fourth-order valence-corrected chi connectivity index (χ4v) is 3.42. The maximum absolute atomic E-state index is 12.6. The first-order valence-corrected chi connectivity index (χ1v) is 10.5. The van der Waals surface area contributed by atoms with Crippen LogP contribution in [0, 0.1) is 6.92 Å². The van der Waals surface area contributed by atoms with Gasteiger partial charge in [0.05, 0.1) is 0 Å². The van der Waals surface area contributed by atoms with Crippen LogP contribution >= 0.6 is 15.9 Å². The average molecular weight is 489 g/mol. The van der Waals surface area contributed by atoms with Crippen LogP contribution < -0.4 is 10.9 Å². The van der Waals surface area contributed by atoms with Crippen molar-refractivity contribution < 1.29 is 13.9 Å². The molecule has 1 aromatic carbocycles. The molecule has 164 valence electrons. The number of nitrogens with zero attached hydrogens (tertiary/aromatic N) is 2. The Kier molecular flexibility index (Phi) is 6.35. The van der Waals surface area contributed by atoms with Crippen LogP contribution in [0.15, 0.2) is 50.2 Å². The van der Waals surface area contributed by atoms with Crippen molar-refractivity contribution in [1.29, 1.82) is 0 Å². The molecular formula is C22H25BrN4O4. The average Bonchev–Trinajstić information content (AvgIpc) is 3.15. The predicted octanol–water partition coefficient (Wildman–Crippen LogP) is 4.48. The van der Waals surface area contributed by atoms with E-state index in [2.05, 4.69) is 36.4 Å². The molecule has 0 saturated carbocycles. The zero-order chi connectivity index (χ0) is 22.8. The topological polar surface area (TPSA) is 110 Å². The third-order valence-corrected chi connectivity index (χ3v) is 5.40.